The van der Waals surface area contributed by atoms with Crippen molar-refractivity contribution in [2.75, 3.05) is 11.5 Å². The van der Waals surface area contributed by atoms with E-state index >= 15 is 0 Å². The van der Waals surface area contributed by atoms with Crippen LogP contribution < -0.4 is 27.4 Å². The molecule has 0 fully saturated rings. The van der Waals surface area contributed by atoms with E-state index < -0.39 is 60.2 Å². The first-order valence-electron chi connectivity index (χ1n) is 8.82. The maximum Gasteiger partial charge on any atom is 0.327 e. The summed E-state index contributed by atoms with van der Waals surface area (Å²) in [6, 6.07) is -4.73. The third-order valence-corrected chi connectivity index (χ3v) is 4.44. The van der Waals surface area contributed by atoms with Gasteiger partial charge in [-0.05, 0) is 12.3 Å². The van der Waals surface area contributed by atoms with Crippen molar-refractivity contribution in [1.29, 1.82) is 0 Å². The molecule has 0 aliphatic rings. The summed E-state index contributed by atoms with van der Waals surface area (Å²) in [4.78, 5) is 59.2. The minimum Gasteiger partial charge on any atom is -0.480 e. The molecule has 0 spiro atoms. The third kappa shape index (κ3) is 10.4. The first-order valence-corrected chi connectivity index (χ1v) is 10.1. The Kier molecular flexibility index (Phi) is 12.4. The SMILES string of the molecule is CC(C)CC(N)C(=O)NC(CS)C(=O)NC(CC(N)=O)C(=O)NC(CS)C(=O)O. The average Bonchev–Trinajstić information content (AvgIpc) is 2.61. The van der Waals surface area contributed by atoms with Gasteiger partial charge in [0.15, 0.2) is 0 Å². The zero-order valence-corrected chi connectivity index (χ0v) is 18.0. The third-order valence-electron chi connectivity index (χ3n) is 3.71. The van der Waals surface area contributed by atoms with Crippen LogP contribution in [0.5, 0.6) is 0 Å². The predicted octanol–water partition coefficient (Wildman–Crippen LogP) is -2.37. The van der Waals surface area contributed by atoms with Gasteiger partial charge in [-0.1, -0.05) is 13.8 Å². The molecule has 0 saturated heterocycles. The number of rotatable bonds is 13. The van der Waals surface area contributed by atoms with Crippen molar-refractivity contribution >= 4 is 54.9 Å². The van der Waals surface area contributed by atoms with Gasteiger partial charge in [-0.2, -0.15) is 25.3 Å². The second-order valence-corrected chi connectivity index (χ2v) is 7.52. The number of nitrogens with two attached hydrogens (primary N) is 2. The van der Waals surface area contributed by atoms with Crippen LogP contribution in [-0.2, 0) is 24.0 Å². The summed E-state index contributed by atoms with van der Waals surface area (Å²) < 4.78 is 0. The molecule has 4 amide bonds. The molecule has 4 unspecified atom stereocenters. The number of carboxylic acids is 1. The fourth-order valence-electron chi connectivity index (χ4n) is 2.23. The number of hydrogen-bond donors (Lipinski definition) is 8. The molecular weight excluding hydrogens is 422 g/mol. The van der Waals surface area contributed by atoms with Crippen LogP contribution in [0.15, 0.2) is 0 Å². The Morgan fingerprint density at radius 3 is 1.72 bits per heavy atom. The molecule has 0 radical (unpaired) electrons. The minimum absolute atomic E-state index is 0.106. The first kappa shape index (κ1) is 27.0. The summed E-state index contributed by atoms with van der Waals surface area (Å²) >= 11 is 7.83. The highest BCUT2D eigenvalue weighted by Crippen LogP contribution is 2.04. The molecule has 0 bridgehead atoms. The molecule has 0 aromatic heterocycles. The normalized spacial score (nSPS) is 15.0. The number of hydrogen-bond acceptors (Lipinski definition) is 8. The average molecular weight is 452 g/mol. The molecular formula is C16H29N5O6S2. The largest absolute Gasteiger partial charge is 0.480 e. The Morgan fingerprint density at radius 2 is 1.31 bits per heavy atom. The van der Waals surface area contributed by atoms with Gasteiger partial charge in [0, 0.05) is 11.5 Å². The lowest BCUT2D eigenvalue weighted by Crippen LogP contribution is -2.58. The van der Waals surface area contributed by atoms with Gasteiger partial charge >= 0.3 is 5.97 Å². The van der Waals surface area contributed by atoms with E-state index in [2.05, 4.69) is 41.2 Å². The van der Waals surface area contributed by atoms with E-state index in [1.54, 1.807) is 0 Å². The Morgan fingerprint density at radius 1 is 0.862 bits per heavy atom. The molecule has 8 N–H and O–H groups in total. The maximum atomic E-state index is 12.5. The molecule has 0 saturated carbocycles. The van der Waals surface area contributed by atoms with Crippen molar-refractivity contribution in [2.45, 2.75) is 50.9 Å². The number of aliphatic carboxylic acids is 1. The molecule has 0 aliphatic carbocycles. The summed E-state index contributed by atoms with van der Waals surface area (Å²) in [5.74, 6) is -4.68. The Hall–Kier alpha value is -1.99. The summed E-state index contributed by atoms with van der Waals surface area (Å²) in [5, 5.41) is 15.9. The number of carboxylic acid groups (broad SMARTS) is 1. The van der Waals surface area contributed by atoms with Gasteiger partial charge in [-0.25, -0.2) is 4.79 Å². The molecule has 11 nitrogen and oxygen atoms in total. The van der Waals surface area contributed by atoms with Crippen molar-refractivity contribution in [1.82, 2.24) is 16.0 Å². The quantitative estimate of drug-likeness (QED) is 0.143. The molecule has 13 heteroatoms. The summed E-state index contributed by atoms with van der Waals surface area (Å²) in [6.07, 6.45) is -0.170. The van der Waals surface area contributed by atoms with Gasteiger partial charge in [-0.3, -0.25) is 19.2 Å². The first-order chi connectivity index (χ1) is 13.4. The minimum atomic E-state index is -1.44. The summed E-state index contributed by atoms with van der Waals surface area (Å²) in [7, 11) is 0. The molecule has 0 rings (SSSR count). The fraction of sp³-hybridized carbons (Fsp3) is 0.688. The molecule has 0 aromatic carbocycles. The highest BCUT2D eigenvalue weighted by atomic mass is 32.1. The number of carbonyl (C=O) groups excluding carboxylic acids is 4. The van der Waals surface area contributed by atoms with Crippen LogP contribution in [0.4, 0.5) is 0 Å². The number of carbonyl (C=O) groups is 5. The van der Waals surface area contributed by atoms with Crippen LogP contribution in [0.25, 0.3) is 0 Å². The van der Waals surface area contributed by atoms with Gasteiger partial charge in [-0.15, -0.1) is 0 Å². The molecule has 166 valence electrons. The molecule has 0 aliphatic heterocycles. The van der Waals surface area contributed by atoms with E-state index in [4.69, 9.17) is 16.6 Å². The van der Waals surface area contributed by atoms with E-state index in [-0.39, 0.29) is 17.4 Å². The Labute approximate surface area is 179 Å². The van der Waals surface area contributed by atoms with Crippen LogP contribution in [-0.4, -0.2) is 70.4 Å². The summed E-state index contributed by atoms with van der Waals surface area (Å²) in [5.41, 5.74) is 10.9. The van der Waals surface area contributed by atoms with E-state index in [9.17, 15) is 24.0 Å². The number of primary amides is 1. The second kappa shape index (κ2) is 13.3. The van der Waals surface area contributed by atoms with Gasteiger partial charge < -0.3 is 32.5 Å². The van der Waals surface area contributed by atoms with Gasteiger partial charge in [0.2, 0.25) is 23.6 Å². The van der Waals surface area contributed by atoms with Crippen molar-refractivity contribution in [3.05, 3.63) is 0 Å². The van der Waals surface area contributed by atoms with Crippen LogP contribution in [0.1, 0.15) is 26.7 Å². The van der Waals surface area contributed by atoms with E-state index in [1.807, 2.05) is 13.8 Å². The zero-order chi connectivity index (χ0) is 22.7. The van der Waals surface area contributed by atoms with E-state index in [0.29, 0.717) is 6.42 Å². The number of thiol groups is 2. The van der Waals surface area contributed by atoms with Gasteiger partial charge in [0.05, 0.1) is 12.5 Å². The van der Waals surface area contributed by atoms with Crippen molar-refractivity contribution < 1.29 is 29.1 Å². The van der Waals surface area contributed by atoms with Crippen molar-refractivity contribution in [2.24, 2.45) is 17.4 Å². The van der Waals surface area contributed by atoms with Crippen molar-refractivity contribution in [3.8, 4) is 0 Å². The fourth-order valence-corrected chi connectivity index (χ4v) is 2.73. The highest BCUT2D eigenvalue weighted by molar-refractivity contribution is 7.80. The van der Waals surface area contributed by atoms with E-state index in [1.165, 1.54) is 0 Å². The lowest BCUT2D eigenvalue weighted by Gasteiger charge is -2.24. The van der Waals surface area contributed by atoms with Crippen LogP contribution >= 0.6 is 25.3 Å². The topological polar surface area (TPSA) is 194 Å². The number of nitrogens with one attached hydrogen (secondary N) is 3. The molecule has 4 atom stereocenters. The van der Waals surface area contributed by atoms with Gasteiger partial charge in [0.1, 0.15) is 18.1 Å². The zero-order valence-electron chi connectivity index (χ0n) is 16.3. The predicted molar refractivity (Wildman–Crippen MR) is 112 cm³/mol. The Bertz CT molecular complexity index is 619. The molecule has 0 aromatic rings. The Balaban J connectivity index is 5.17. The smallest absolute Gasteiger partial charge is 0.327 e. The number of amides is 4. The van der Waals surface area contributed by atoms with Crippen molar-refractivity contribution in [3.63, 3.8) is 0 Å². The lowest BCUT2D eigenvalue weighted by molar-refractivity contribution is -0.141. The monoisotopic (exact) mass is 451 g/mol. The van der Waals surface area contributed by atoms with Gasteiger partial charge in [0.25, 0.3) is 0 Å². The van der Waals surface area contributed by atoms with Crippen LogP contribution in [0, 0.1) is 5.92 Å². The maximum absolute atomic E-state index is 12.5. The standard InChI is InChI=1S/C16H29N5O6S2/c1-7(2)3-8(17)13(23)20-10(5-28)15(25)19-9(4-12(18)22)14(24)21-11(6-29)16(26)27/h7-11,28-29H,3-6,17H2,1-2H3,(H2,18,22)(H,19,25)(H,20,23)(H,21,24)(H,26,27). The van der Waals surface area contributed by atoms with Crippen LogP contribution in [0.3, 0.4) is 0 Å². The lowest BCUT2D eigenvalue weighted by atomic mass is 10.0. The van der Waals surface area contributed by atoms with E-state index in [0.717, 1.165) is 0 Å². The molecule has 0 heterocycles. The summed E-state index contributed by atoms with van der Waals surface area (Å²) in [6.45, 7) is 3.77. The second-order valence-electron chi connectivity index (χ2n) is 6.79. The van der Waals surface area contributed by atoms with Crippen LogP contribution in [0.2, 0.25) is 0 Å². The highest BCUT2D eigenvalue weighted by Gasteiger charge is 2.30. The molecule has 29 heavy (non-hydrogen) atoms.